The highest BCUT2D eigenvalue weighted by Crippen LogP contribution is 2.49. The fourth-order valence-corrected chi connectivity index (χ4v) is 3.57. The van der Waals surface area contributed by atoms with Gasteiger partial charge in [-0.25, -0.2) is 4.39 Å². The van der Waals surface area contributed by atoms with E-state index in [2.05, 4.69) is 0 Å². The quantitative estimate of drug-likeness (QED) is 0.909. The molecule has 2 N–H and O–H groups in total. The van der Waals surface area contributed by atoms with E-state index in [0.717, 1.165) is 31.2 Å². The van der Waals surface area contributed by atoms with Crippen LogP contribution in [0.4, 0.5) is 4.39 Å². The van der Waals surface area contributed by atoms with E-state index in [9.17, 15) is 0 Å². The van der Waals surface area contributed by atoms with Crippen molar-refractivity contribution in [2.45, 2.75) is 43.4 Å². The van der Waals surface area contributed by atoms with E-state index in [4.69, 9.17) is 10.5 Å². The molecule has 3 rings (SSSR count). The second-order valence-corrected chi connectivity index (χ2v) is 6.01. The summed E-state index contributed by atoms with van der Waals surface area (Å²) in [4.78, 5) is 0. The molecular formula is C16H22FNO. The van der Waals surface area contributed by atoms with Crippen molar-refractivity contribution in [2.75, 3.05) is 13.2 Å². The van der Waals surface area contributed by atoms with Crippen molar-refractivity contribution in [1.82, 2.24) is 0 Å². The summed E-state index contributed by atoms with van der Waals surface area (Å²) in [7, 11) is 0. The van der Waals surface area contributed by atoms with Gasteiger partial charge in [0.05, 0.1) is 5.60 Å². The molecule has 1 aliphatic heterocycles. The van der Waals surface area contributed by atoms with Crippen LogP contribution in [0.1, 0.15) is 37.7 Å². The second kappa shape index (κ2) is 4.88. The third-order valence-electron chi connectivity index (χ3n) is 4.96. The predicted molar refractivity (Wildman–Crippen MR) is 73.5 cm³/mol. The molecule has 19 heavy (non-hydrogen) atoms. The fraction of sp³-hybridized carbons (Fsp3) is 0.625. The Bertz CT molecular complexity index is 432. The van der Waals surface area contributed by atoms with Crippen molar-refractivity contribution >= 4 is 0 Å². The zero-order valence-electron chi connectivity index (χ0n) is 11.3. The van der Waals surface area contributed by atoms with Gasteiger partial charge in [0, 0.05) is 19.1 Å². The van der Waals surface area contributed by atoms with Gasteiger partial charge in [-0.3, -0.25) is 0 Å². The molecule has 0 aromatic heterocycles. The van der Waals surface area contributed by atoms with E-state index >= 15 is 4.39 Å². The lowest BCUT2D eigenvalue weighted by molar-refractivity contribution is -0.163. The fourth-order valence-electron chi connectivity index (χ4n) is 3.57. The first kappa shape index (κ1) is 13.1. The molecule has 1 saturated carbocycles. The Labute approximate surface area is 114 Å². The van der Waals surface area contributed by atoms with Crippen molar-refractivity contribution < 1.29 is 9.13 Å². The minimum Gasteiger partial charge on any atom is -0.375 e. The molecule has 0 bridgehead atoms. The number of hydrogen-bond donors (Lipinski definition) is 1. The van der Waals surface area contributed by atoms with Crippen molar-refractivity contribution in [2.24, 2.45) is 11.7 Å². The SMILES string of the molecule is NCC(F)(c1ccccc1)C1CCOC2(CCC2)C1. The maximum absolute atomic E-state index is 15.5. The molecule has 0 amide bonds. The second-order valence-electron chi connectivity index (χ2n) is 6.01. The van der Waals surface area contributed by atoms with Crippen LogP contribution in [-0.2, 0) is 10.4 Å². The highest BCUT2D eigenvalue weighted by molar-refractivity contribution is 5.24. The topological polar surface area (TPSA) is 35.2 Å². The lowest BCUT2D eigenvalue weighted by Gasteiger charge is -2.50. The maximum atomic E-state index is 15.5. The molecule has 2 aliphatic rings. The van der Waals surface area contributed by atoms with Gasteiger partial charge in [-0.15, -0.1) is 0 Å². The first-order valence-electron chi connectivity index (χ1n) is 7.27. The molecule has 2 fully saturated rings. The first-order valence-corrected chi connectivity index (χ1v) is 7.27. The van der Waals surface area contributed by atoms with E-state index < -0.39 is 5.67 Å². The van der Waals surface area contributed by atoms with Crippen LogP contribution >= 0.6 is 0 Å². The third kappa shape index (κ3) is 2.19. The molecule has 104 valence electrons. The van der Waals surface area contributed by atoms with Crippen LogP contribution in [0.25, 0.3) is 0 Å². The highest BCUT2D eigenvalue weighted by Gasteiger charge is 2.49. The zero-order chi connectivity index (χ0) is 13.3. The van der Waals surface area contributed by atoms with Gasteiger partial charge in [-0.2, -0.15) is 0 Å². The van der Waals surface area contributed by atoms with Crippen LogP contribution in [0.5, 0.6) is 0 Å². The smallest absolute Gasteiger partial charge is 0.151 e. The molecule has 2 nitrogen and oxygen atoms in total. The molecule has 0 radical (unpaired) electrons. The van der Waals surface area contributed by atoms with Crippen molar-refractivity contribution in [3.63, 3.8) is 0 Å². The van der Waals surface area contributed by atoms with E-state index in [0.29, 0.717) is 6.61 Å². The summed E-state index contributed by atoms with van der Waals surface area (Å²) in [6.45, 7) is 0.723. The Balaban J connectivity index is 1.85. The minimum atomic E-state index is -1.41. The average molecular weight is 263 g/mol. The number of hydrogen-bond acceptors (Lipinski definition) is 2. The Morgan fingerprint density at radius 3 is 2.63 bits per heavy atom. The zero-order valence-corrected chi connectivity index (χ0v) is 11.3. The molecule has 1 saturated heterocycles. The molecule has 1 aromatic carbocycles. The van der Waals surface area contributed by atoms with Crippen LogP contribution < -0.4 is 5.73 Å². The lowest BCUT2D eigenvalue weighted by Crippen LogP contribution is -2.51. The van der Waals surface area contributed by atoms with Crippen molar-refractivity contribution in [3.8, 4) is 0 Å². The number of benzene rings is 1. The summed E-state index contributed by atoms with van der Waals surface area (Å²) in [5.74, 6) is -0.0195. The molecule has 1 spiro atoms. The molecule has 1 aromatic rings. The summed E-state index contributed by atoms with van der Waals surface area (Å²) >= 11 is 0. The van der Waals surface area contributed by atoms with Crippen LogP contribution in [0, 0.1) is 5.92 Å². The highest BCUT2D eigenvalue weighted by atomic mass is 19.1. The number of alkyl halides is 1. The van der Waals surface area contributed by atoms with Gasteiger partial charge in [-0.1, -0.05) is 30.3 Å². The minimum absolute atomic E-state index is 0.0195. The Hall–Kier alpha value is -0.930. The summed E-state index contributed by atoms with van der Waals surface area (Å²) < 4.78 is 21.4. The number of rotatable bonds is 3. The molecule has 2 unspecified atom stereocenters. The number of nitrogens with two attached hydrogens (primary N) is 1. The Kier molecular flexibility index (Phi) is 3.35. The molecule has 2 atom stereocenters. The van der Waals surface area contributed by atoms with Crippen molar-refractivity contribution in [3.05, 3.63) is 35.9 Å². The summed E-state index contributed by atoms with van der Waals surface area (Å²) in [6, 6.07) is 9.40. The van der Waals surface area contributed by atoms with Gasteiger partial charge < -0.3 is 10.5 Å². The number of ether oxygens (including phenoxy) is 1. The van der Waals surface area contributed by atoms with Crippen LogP contribution in [0.3, 0.4) is 0 Å². The van der Waals surface area contributed by atoms with Gasteiger partial charge in [0.2, 0.25) is 0 Å². The van der Waals surface area contributed by atoms with E-state index in [1.165, 1.54) is 6.42 Å². The maximum Gasteiger partial charge on any atom is 0.151 e. The predicted octanol–water partition coefficient (Wildman–Crippen LogP) is 3.16. The molecular weight excluding hydrogens is 241 g/mol. The lowest BCUT2D eigenvalue weighted by atomic mass is 9.67. The average Bonchev–Trinajstić information content (AvgIpc) is 2.46. The number of halogens is 1. The normalized spacial score (nSPS) is 28.6. The molecule has 1 aliphatic carbocycles. The van der Waals surface area contributed by atoms with E-state index in [1.54, 1.807) is 0 Å². The van der Waals surface area contributed by atoms with Crippen LogP contribution in [-0.4, -0.2) is 18.8 Å². The third-order valence-corrected chi connectivity index (χ3v) is 4.96. The Morgan fingerprint density at radius 1 is 1.32 bits per heavy atom. The molecule has 1 heterocycles. The van der Waals surface area contributed by atoms with Crippen molar-refractivity contribution in [1.29, 1.82) is 0 Å². The van der Waals surface area contributed by atoms with Gasteiger partial charge in [0.15, 0.2) is 5.67 Å². The monoisotopic (exact) mass is 263 g/mol. The molecule has 3 heteroatoms. The van der Waals surface area contributed by atoms with E-state index in [1.807, 2.05) is 30.3 Å². The summed E-state index contributed by atoms with van der Waals surface area (Å²) in [6.07, 6.45) is 4.96. The van der Waals surface area contributed by atoms with Gasteiger partial charge >= 0.3 is 0 Å². The summed E-state index contributed by atoms with van der Waals surface area (Å²) in [5.41, 5.74) is 5.08. The first-order chi connectivity index (χ1) is 9.19. The van der Waals surface area contributed by atoms with Crippen LogP contribution in [0.15, 0.2) is 30.3 Å². The van der Waals surface area contributed by atoms with Crippen LogP contribution in [0.2, 0.25) is 0 Å². The van der Waals surface area contributed by atoms with E-state index in [-0.39, 0.29) is 18.1 Å². The van der Waals surface area contributed by atoms with Gasteiger partial charge in [0.1, 0.15) is 0 Å². The van der Waals surface area contributed by atoms with Gasteiger partial charge in [0.25, 0.3) is 0 Å². The standard InChI is InChI=1S/C16H22FNO/c17-16(12-18,13-5-2-1-3-6-13)14-7-10-19-15(11-14)8-4-9-15/h1-3,5-6,14H,4,7-12,18H2. The van der Waals surface area contributed by atoms with Gasteiger partial charge in [-0.05, 0) is 37.7 Å². The summed E-state index contributed by atoms with van der Waals surface area (Å²) in [5, 5.41) is 0. The Morgan fingerprint density at radius 2 is 2.05 bits per heavy atom. The largest absolute Gasteiger partial charge is 0.375 e.